The molecule has 18 heavy (non-hydrogen) atoms. The van der Waals surface area contributed by atoms with E-state index in [-0.39, 0.29) is 18.3 Å². The van der Waals surface area contributed by atoms with Gasteiger partial charge in [-0.05, 0) is 31.2 Å². The summed E-state index contributed by atoms with van der Waals surface area (Å²) in [4.78, 5) is 22.8. The van der Waals surface area contributed by atoms with E-state index in [1.807, 2.05) is 0 Å². The molecule has 0 saturated heterocycles. The number of ketones is 1. The monoisotopic (exact) mass is 267 g/mol. The molecule has 1 amide bonds. The second-order valence-electron chi connectivity index (χ2n) is 3.81. The van der Waals surface area contributed by atoms with E-state index in [1.54, 1.807) is 24.3 Å². The molecule has 0 aliphatic heterocycles. The van der Waals surface area contributed by atoms with Gasteiger partial charge in [-0.2, -0.15) is 11.8 Å². The Hall–Kier alpha value is -1.33. The lowest BCUT2D eigenvalue weighted by Crippen LogP contribution is -2.14. The minimum Gasteiger partial charge on any atom is -0.396 e. The Morgan fingerprint density at radius 1 is 1.39 bits per heavy atom. The third-order valence-electron chi connectivity index (χ3n) is 2.23. The van der Waals surface area contributed by atoms with Crippen LogP contribution in [0.4, 0.5) is 5.69 Å². The van der Waals surface area contributed by atoms with Crippen molar-refractivity contribution < 1.29 is 14.7 Å². The molecular formula is C13H17NO3S. The summed E-state index contributed by atoms with van der Waals surface area (Å²) in [6.45, 7) is 1.64. The molecule has 0 radical (unpaired) electrons. The van der Waals surface area contributed by atoms with Crippen LogP contribution in [0.15, 0.2) is 24.3 Å². The van der Waals surface area contributed by atoms with Crippen LogP contribution in [0, 0.1) is 0 Å². The number of hydrogen-bond acceptors (Lipinski definition) is 4. The molecule has 98 valence electrons. The fourth-order valence-corrected chi connectivity index (χ4v) is 2.08. The number of aliphatic hydroxyl groups is 1. The molecule has 1 rings (SSSR count). The summed E-state index contributed by atoms with van der Waals surface area (Å²) in [6, 6.07) is 6.88. The summed E-state index contributed by atoms with van der Waals surface area (Å²) in [5.74, 6) is 0.990. The van der Waals surface area contributed by atoms with Crippen molar-refractivity contribution in [3.63, 3.8) is 0 Å². The Kier molecular flexibility index (Phi) is 6.46. The Morgan fingerprint density at radius 2 is 2.17 bits per heavy atom. The van der Waals surface area contributed by atoms with Gasteiger partial charge < -0.3 is 10.4 Å². The first-order chi connectivity index (χ1) is 8.63. The Morgan fingerprint density at radius 3 is 2.83 bits per heavy atom. The highest BCUT2D eigenvalue weighted by molar-refractivity contribution is 7.99. The van der Waals surface area contributed by atoms with E-state index in [0.29, 0.717) is 23.4 Å². The molecule has 0 aliphatic carbocycles. The lowest BCUT2D eigenvalue weighted by Gasteiger charge is -2.06. The molecule has 0 fully saturated rings. The molecule has 0 spiro atoms. The van der Waals surface area contributed by atoms with Crippen molar-refractivity contribution >= 4 is 29.1 Å². The molecule has 0 bridgehead atoms. The van der Waals surface area contributed by atoms with Gasteiger partial charge in [0.05, 0.1) is 5.75 Å². The second-order valence-corrected chi connectivity index (χ2v) is 4.92. The van der Waals surface area contributed by atoms with Crippen LogP contribution < -0.4 is 5.32 Å². The molecule has 0 saturated carbocycles. The zero-order valence-electron chi connectivity index (χ0n) is 10.3. The van der Waals surface area contributed by atoms with Crippen LogP contribution in [0.1, 0.15) is 23.7 Å². The Bertz CT molecular complexity index is 420. The summed E-state index contributed by atoms with van der Waals surface area (Å²) in [6.07, 6.45) is 0.692. The third-order valence-corrected chi connectivity index (χ3v) is 3.28. The Balaban J connectivity index is 2.44. The molecule has 0 unspecified atom stereocenters. The highest BCUT2D eigenvalue weighted by atomic mass is 32.2. The lowest BCUT2D eigenvalue weighted by molar-refractivity contribution is -0.113. The van der Waals surface area contributed by atoms with Gasteiger partial charge in [0, 0.05) is 17.9 Å². The standard InChI is InChI=1S/C13H17NO3S/c1-10(16)11-4-2-5-12(8-11)14-13(17)9-18-7-3-6-15/h2,4-5,8,15H,3,6-7,9H2,1H3,(H,14,17). The van der Waals surface area contributed by atoms with Crippen LogP contribution in [0.25, 0.3) is 0 Å². The molecule has 0 aliphatic rings. The number of hydrogen-bond donors (Lipinski definition) is 2. The number of Topliss-reactive ketones (excluding diaryl/α,β-unsaturated/α-hetero) is 1. The predicted octanol–water partition coefficient (Wildman–Crippen LogP) is 1.94. The van der Waals surface area contributed by atoms with E-state index in [4.69, 9.17) is 5.11 Å². The lowest BCUT2D eigenvalue weighted by atomic mass is 10.1. The highest BCUT2D eigenvalue weighted by Gasteiger charge is 2.04. The largest absolute Gasteiger partial charge is 0.396 e. The third kappa shape index (κ3) is 5.33. The maximum absolute atomic E-state index is 11.6. The average Bonchev–Trinajstić information content (AvgIpc) is 2.35. The van der Waals surface area contributed by atoms with Gasteiger partial charge in [0.1, 0.15) is 0 Å². The molecule has 0 heterocycles. The van der Waals surface area contributed by atoms with Crippen molar-refractivity contribution in [2.24, 2.45) is 0 Å². The number of rotatable bonds is 7. The molecule has 0 aromatic heterocycles. The maximum atomic E-state index is 11.6. The minimum absolute atomic E-state index is 0.0246. The summed E-state index contributed by atoms with van der Waals surface area (Å²) < 4.78 is 0. The van der Waals surface area contributed by atoms with Gasteiger partial charge in [-0.15, -0.1) is 0 Å². The molecular weight excluding hydrogens is 250 g/mol. The van der Waals surface area contributed by atoms with Gasteiger partial charge in [0.2, 0.25) is 5.91 Å². The fourth-order valence-electron chi connectivity index (χ4n) is 1.34. The van der Waals surface area contributed by atoms with Crippen molar-refractivity contribution in [2.75, 3.05) is 23.4 Å². The number of benzene rings is 1. The van der Waals surface area contributed by atoms with Gasteiger partial charge >= 0.3 is 0 Å². The smallest absolute Gasteiger partial charge is 0.234 e. The first-order valence-electron chi connectivity index (χ1n) is 5.73. The number of thioether (sulfide) groups is 1. The SMILES string of the molecule is CC(=O)c1cccc(NC(=O)CSCCCO)c1. The van der Waals surface area contributed by atoms with Crippen molar-refractivity contribution in [1.29, 1.82) is 0 Å². The van der Waals surface area contributed by atoms with Gasteiger partial charge in [-0.1, -0.05) is 12.1 Å². The molecule has 4 nitrogen and oxygen atoms in total. The van der Waals surface area contributed by atoms with Crippen molar-refractivity contribution in [3.05, 3.63) is 29.8 Å². The van der Waals surface area contributed by atoms with E-state index < -0.39 is 0 Å². The van der Waals surface area contributed by atoms with Crippen LogP contribution in [-0.4, -0.2) is 34.9 Å². The van der Waals surface area contributed by atoms with Gasteiger partial charge in [0.15, 0.2) is 5.78 Å². The molecule has 0 atom stereocenters. The van der Waals surface area contributed by atoms with Crippen molar-refractivity contribution in [2.45, 2.75) is 13.3 Å². The summed E-state index contributed by atoms with van der Waals surface area (Å²) >= 11 is 1.48. The highest BCUT2D eigenvalue weighted by Crippen LogP contribution is 2.12. The summed E-state index contributed by atoms with van der Waals surface area (Å²) in [5, 5.41) is 11.3. The predicted molar refractivity (Wildman–Crippen MR) is 74.1 cm³/mol. The molecule has 2 N–H and O–H groups in total. The zero-order valence-corrected chi connectivity index (χ0v) is 11.1. The quantitative estimate of drug-likeness (QED) is 0.585. The minimum atomic E-state index is -0.0985. The fraction of sp³-hybridized carbons (Fsp3) is 0.385. The van der Waals surface area contributed by atoms with Crippen molar-refractivity contribution in [1.82, 2.24) is 0 Å². The van der Waals surface area contributed by atoms with Crippen molar-refractivity contribution in [3.8, 4) is 0 Å². The van der Waals surface area contributed by atoms with E-state index >= 15 is 0 Å². The Labute approximate surface area is 111 Å². The number of aliphatic hydroxyl groups excluding tert-OH is 1. The second kappa shape index (κ2) is 7.89. The van der Waals surface area contributed by atoms with Crippen LogP contribution in [0.2, 0.25) is 0 Å². The van der Waals surface area contributed by atoms with Crippen LogP contribution in [0.3, 0.4) is 0 Å². The van der Waals surface area contributed by atoms with E-state index in [1.165, 1.54) is 18.7 Å². The van der Waals surface area contributed by atoms with E-state index in [9.17, 15) is 9.59 Å². The topological polar surface area (TPSA) is 66.4 Å². The van der Waals surface area contributed by atoms with E-state index in [0.717, 1.165) is 5.75 Å². The van der Waals surface area contributed by atoms with Gasteiger partial charge in [-0.3, -0.25) is 9.59 Å². The first-order valence-corrected chi connectivity index (χ1v) is 6.88. The zero-order chi connectivity index (χ0) is 13.4. The number of carbonyl (C=O) groups is 2. The van der Waals surface area contributed by atoms with E-state index in [2.05, 4.69) is 5.32 Å². The van der Waals surface area contributed by atoms with Crippen LogP contribution in [0.5, 0.6) is 0 Å². The number of carbonyl (C=O) groups excluding carboxylic acids is 2. The summed E-state index contributed by atoms with van der Waals surface area (Å²) in [7, 11) is 0. The molecule has 1 aromatic carbocycles. The average molecular weight is 267 g/mol. The number of anilines is 1. The van der Waals surface area contributed by atoms with Gasteiger partial charge in [0.25, 0.3) is 0 Å². The summed E-state index contributed by atoms with van der Waals surface area (Å²) in [5.41, 5.74) is 1.22. The maximum Gasteiger partial charge on any atom is 0.234 e. The molecule has 5 heteroatoms. The normalized spacial score (nSPS) is 10.1. The van der Waals surface area contributed by atoms with Crippen LogP contribution in [-0.2, 0) is 4.79 Å². The number of nitrogens with one attached hydrogen (secondary N) is 1. The molecule has 1 aromatic rings. The van der Waals surface area contributed by atoms with Gasteiger partial charge in [-0.25, -0.2) is 0 Å². The number of amides is 1. The first kappa shape index (κ1) is 14.7. The van der Waals surface area contributed by atoms with Crippen LogP contribution >= 0.6 is 11.8 Å².